The Morgan fingerprint density at radius 1 is 1.35 bits per heavy atom. The first-order valence-electron chi connectivity index (χ1n) is 7.42. The average molecular weight is 278 g/mol. The highest BCUT2D eigenvalue weighted by atomic mass is 16.5. The third-order valence-corrected chi connectivity index (χ3v) is 3.78. The molecule has 0 saturated heterocycles. The lowest BCUT2D eigenvalue weighted by Gasteiger charge is -2.18. The summed E-state index contributed by atoms with van der Waals surface area (Å²) in [7, 11) is 1.87. The van der Waals surface area contributed by atoms with E-state index in [2.05, 4.69) is 34.4 Å². The number of hydrogen-bond donors (Lipinski definition) is 2. The van der Waals surface area contributed by atoms with Crippen LogP contribution in [0, 0.1) is 5.41 Å². The predicted octanol–water partition coefficient (Wildman–Crippen LogP) is 3.05. The molecule has 1 unspecified atom stereocenters. The van der Waals surface area contributed by atoms with Gasteiger partial charge in [-0.3, -0.25) is 0 Å². The summed E-state index contributed by atoms with van der Waals surface area (Å²) in [4.78, 5) is 8.95. The van der Waals surface area contributed by atoms with Gasteiger partial charge >= 0.3 is 0 Å². The van der Waals surface area contributed by atoms with Crippen molar-refractivity contribution in [1.29, 1.82) is 0 Å². The smallest absolute Gasteiger partial charge is 0.158 e. The monoisotopic (exact) mass is 278 g/mol. The topological polar surface area (TPSA) is 59.1 Å². The van der Waals surface area contributed by atoms with Gasteiger partial charge in [-0.25, -0.2) is 9.97 Å². The van der Waals surface area contributed by atoms with Crippen molar-refractivity contribution in [1.82, 2.24) is 9.97 Å². The molecular weight excluding hydrogens is 252 g/mol. The second-order valence-electron chi connectivity index (χ2n) is 6.19. The Morgan fingerprint density at radius 3 is 2.70 bits per heavy atom. The minimum Gasteiger partial charge on any atom is -0.374 e. The van der Waals surface area contributed by atoms with Crippen LogP contribution >= 0.6 is 0 Å². The molecule has 1 aliphatic rings. The maximum absolute atomic E-state index is 5.40. The molecular formula is C15H26N4O. The molecule has 0 amide bonds. The highest BCUT2D eigenvalue weighted by Gasteiger charge is 2.31. The van der Waals surface area contributed by atoms with Gasteiger partial charge in [0.1, 0.15) is 18.2 Å². The molecule has 0 spiro atoms. The lowest BCUT2D eigenvalue weighted by molar-refractivity contribution is 0.128. The van der Waals surface area contributed by atoms with Crippen molar-refractivity contribution < 1.29 is 4.74 Å². The molecule has 1 saturated carbocycles. The molecule has 0 radical (unpaired) electrons. The number of anilines is 2. The molecule has 0 bridgehead atoms. The Kier molecular flexibility index (Phi) is 4.81. The van der Waals surface area contributed by atoms with Crippen LogP contribution in [0.1, 0.15) is 45.9 Å². The third-order valence-electron chi connectivity index (χ3n) is 3.78. The van der Waals surface area contributed by atoms with Crippen molar-refractivity contribution >= 4 is 11.6 Å². The Balaban J connectivity index is 2.06. The zero-order valence-corrected chi connectivity index (χ0v) is 13.0. The van der Waals surface area contributed by atoms with Crippen molar-refractivity contribution in [2.24, 2.45) is 5.41 Å². The van der Waals surface area contributed by atoms with Crippen LogP contribution in [0.25, 0.3) is 0 Å². The van der Waals surface area contributed by atoms with Gasteiger partial charge in [-0.05, 0) is 31.6 Å². The maximum atomic E-state index is 5.40. The quantitative estimate of drug-likeness (QED) is 0.837. The van der Waals surface area contributed by atoms with E-state index in [9.17, 15) is 0 Å². The van der Waals surface area contributed by atoms with Gasteiger partial charge in [-0.15, -0.1) is 0 Å². The first-order valence-corrected chi connectivity index (χ1v) is 7.42. The Labute approximate surface area is 121 Å². The standard InChI is InChI=1S/C15H26N4O/c1-5-20-10-14-18-12(16-4)8-13(19-14)17-11-6-7-15(2,3)9-11/h8,11H,5-7,9-10H2,1-4H3,(H2,16,17,18,19). The van der Waals surface area contributed by atoms with E-state index in [0.29, 0.717) is 24.7 Å². The molecule has 0 aromatic carbocycles. The van der Waals surface area contributed by atoms with E-state index in [1.807, 2.05) is 20.0 Å². The van der Waals surface area contributed by atoms with Gasteiger partial charge in [0.2, 0.25) is 0 Å². The van der Waals surface area contributed by atoms with E-state index in [-0.39, 0.29) is 0 Å². The van der Waals surface area contributed by atoms with Crippen LogP contribution in [0.2, 0.25) is 0 Å². The van der Waals surface area contributed by atoms with Crippen molar-refractivity contribution in [3.63, 3.8) is 0 Å². The molecule has 1 fully saturated rings. The molecule has 0 aliphatic heterocycles. The molecule has 1 heterocycles. The van der Waals surface area contributed by atoms with Crippen LogP contribution in [0.5, 0.6) is 0 Å². The average Bonchev–Trinajstić information content (AvgIpc) is 2.75. The normalized spacial score (nSPS) is 20.9. The van der Waals surface area contributed by atoms with Gasteiger partial charge in [0.15, 0.2) is 5.82 Å². The van der Waals surface area contributed by atoms with Crippen LogP contribution in [0.15, 0.2) is 6.07 Å². The third kappa shape index (κ3) is 4.07. The first kappa shape index (κ1) is 15.0. The van der Waals surface area contributed by atoms with Crippen molar-refractivity contribution in [2.75, 3.05) is 24.3 Å². The van der Waals surface area contributed by atoms with Crippen LogP contribution in [0.4, 0.5) is 11.6 Å². The Hall–Kier alpha value is -1.36. The summed E-state index contributed by atoms with van der Waals surface area (Å²) in [6.07, 6.45) is 3.65. The molecule has 1 atom stereocenters. The first-order chi connectivity index (χ1) is 9.52. The van der Waals surface area contributed by atoms with Gasteiger partial charge in [-0.1, -0.05) is 13.8 Å². The van der Waals surface area contributed by atoms with E-state index < -0.39 is 0 Å². The fraction of sp³-hybridized carbons (Fsp3) is 0.733. The van der Waals surface area contributed by atoms with Crippen molar-refractivity contribution in [2.45, 2.75) is 52.7 Å². The summed E-state index contributed by atoms with van der Waals surface area (Å²) in [6.45, 7) is 7.76. The van der Waals surface area contributed by atoms with E-state index >= 15 is 0 Å². The molecule has 112 valence electrons. The molecule has 20 heavy (non-hydrogen) atoms. The van der Waals surface area contributed by atoms with E-state index in [1.165, 1.54) is 19.3 Å². The number of aromatic nitrogens is 2. The summed E-state index contributed by atoms with van der Waals surface area (Å²) < 4.78 is 5.40. The number of rotatable bonds is 6. The van der Waals surface area contributed by atoms with Gasteiger partial charge in [0.05, 0.1) is 0 Å². The maximum Gasteiger partial charge on any atom is 0.158 e. The second-order valence-corrected chi connectivity index (χ2v) is 6.19. The summed E-state index contributed by atoms with van der Waals surface area (Å²) in [5.41, 5.74) is 0.435. The van der Waals surface area contributed by atoms with Crippen LogP contribution in [-0.2, 0) is 11.3 Å². The summed E-state index contributed by atoms with van der Waals surface area (Å²) in [5, 5.41) is 6.62. The van der Waals surface area contributed by atoms with Crippen molar-refractivity contribution in [3.05, 3.63) is 11.9 Å². The number of nitrogens with zero attached hydrogens (tertiary/aromatic N) is 2. The van der Waals surface area contributed by atoms with Crippen LogP contribution < -0.4 is 10.6 Å². The summed E-state index contributed by atoms with van der Waals surface area (Å²) in [6, 6.07) is 2.46. The van der Waals surface area contributed by atoms with Crippen LogP contribution in [-0.4, -0.2) is 29.7 Å². The summed E-state index contributed by atoms with van der Waals surface area (Å²) in [5.74, 6) is 2.44. The predicted molar refractivity (Wildman–Crippen MR) is 82.0 cm³/mol. The molecule has 5 nitrogen and oxygen atoms in total. The van der Waals surface area contributed by atoms with Gasteiger partial charge in [-0.2, -0.15) is 0 Å². The minimum atomic E-state index is 0.435. The zero-order chi connectivity index (χ0) is 14.6. The largest absolute Gasteiger partial charge is 0.374 e. The van der Waals surface area contributed by atoms with E-state index in [4.69, 9.17) is 4.74 Å². The Bertz CT molecular complexity index is 447. The number of ether oxygens (including phenoxy) is 1. The molecule has 1 aromatic heterocycles. The number of hydrogen-bond acceptors (Lipinski definition) is 5. The lowest BCUT2D eigenvalue weighted by atomic mass is 9.92. The number of nitrogens with one attached hydrogen (secondary N) is 2. The fourth-order valence-electron chi connectivity index (χ4n) is 2.73. The molecule has 5 heteroatoms. The minimum absolute atomic E-state index is 0.435. The lowest BCUT2D eigenvalue weighted by Crippen LogP contribution is -2.19. The zero-order valence-electron chi connectivity index (χ0n) is 13.0. The Morgan fingerprint density at radius 2 is 2.10 bits per heavy atom. The molecule has 2 N–H and O–H groups in total. The molecule has 1 aromatic rings. The highest BCUT2D eigenvalue weighted by Crippen LogP contribution is 2.38. The van der Waals surface area contributed by atoms with Crippen molar-refractivity contribution in [3.8, 4) is 0 Å². The molecule has 1 aliphatic carbocycles. The summed E-state index contributed by atoms with van der Waals surface area (Å²) >= 11 is 0. The molecule has 2 rings (SSSR count). The van der Waals surface area contributed by atoms with Gasteiger partial charge in [0.25, 0.3) is 0 Å². The van der Waals surface area contributed by atoms with Gasteiger partial charge < -0.3 is 15.4 Å². The van der Waals surface area contributed by atoms with E-state index in [1.54, 1.807) is 0 Å². The highest BCUT2D eigenvalue weighted by molar-refractivity contribution is 5.47. The van der Waals surface area contributed by atoms with Gasteiger partial charge in [0, 0.05) is 25.8 Å². The van der Waals surface area contributed by atoms with Crippen LogP contribution in [0.3, 0.4) is 0 Å². The van der Waals surface area contributed by atoms with E-state index in [0.717, 1.165) is 17.5 Å². The second kappa shape index (κ2) is 6.39. The SMILES string of the molecule is CCOCc1nc(NC)cc(NC2CCC(C)(C)C2)n1. The fourth-order valence-corrected chi connectivity index (χ4v) is 2.73.